The van der Waals surface area contributed by atoms with Gasteiger partial charge in [0.1, 0.15) is 23.6 Å². The normalized spacial score (nSPS) is 11.0. The van der Waals surface area contributed by atoms with Crippen molar-refractivity contribution in [3.8, 4) is 17.0 Å². The first-order valence-corrected chi connectivity index (χ1v) is 12.1. The molecule has 1 amide bonds. The lowest BCUT2D eigenvalue weighted by Crippen LogP contribution is -2.36. The molecule has 2 aromatic carbocycles. The molecule has 0 aliphatic heterocycles. The minimum absolute atomic E-state index is 0.144. The van der Waals surface area contributed by atoms with Gasteiger partial charge in [-0.15, -0.1) is 0 Å². The molecule has 0 radical (unpaired) electrons. The van der Waals surface area contributed by atoms with Gasteiger partial charge in [-0.2, -0.15) is 10.2 Å². The Morgan fingerprint density at radius 3 is 2.56 bits per heavy atom. The summed E-state index contributed by atoms with van der Waals surface area (Å²) in [5.74, 6) is 1.02. The van der Waals surface area contributed by atoms with Crippen molar-refractivity contribution in [3.63, 3.8) is 0 Å². The number of amides is 1. The van der Waals surface area contributed by atoms with E-state index < -0.39 is 0 Å². The van der Waals surface area contributed by atoms with E-state index in [9.17, 15) is 9.59 Å². The number of anilines is 1. The van der Waals surface area contributed by atoms with E-state index in [0.29, 0.717) is 23.6 Å². The Morgan fingerprint density at radius 2 is 1.86 bits per heavy atom. The molecule has 36 heavy (non-hydrogen) atoms. The monoisotopic (exact) mass is 488 g/mol. The lowest BCUT2D eigenvalue weighted by molar-refractivity contribution is -0.121. The third kappa shape index (κ3) is 5.56. The lowest BCUT2D eigenvalue weighted by Gasteiger charge is -2.23. The molecule has 1 N–H and O–H groups in total. The fourth-order valence-electron chi connectivity index (χ4n) is 4.17. The lowest BCUT2D eigenvalue weighted by atomic mass is 10.1. The molecule has 0 atom stereocenters. The summed E-state index contributed by atoms with van der Waals surface area (Å²) in [5.41, 5.74) is 3.92. The molecule has 0 fully saturated rings. The summed E-state index contributed by atoms with van der Waals surface area (Å²) in [4.78, 5) is 27.9. The van der Waals surface area contributed by atoms with Crippen LogP contribution in [0.3, 0.4) is 0 Å². The molecule has 0 aliphatic rings. The molecule has 0 saturated carbocycles. The van der Waals surface area contributed by atoms with Crippen LogP contribution in [-0.2, 0) is 11.3 Å². The number of aryl methyl sites for hydroxylation is 2. The van der Waals surface area contributed by atoms with Gasteiger partial charge in [-0.05, 0) is 75.2 Å². The van der Waals surface area contributed by atoms with Crippen LogP contribution >= 0.6 is 0 Å². The number of nitrogens with one attached hydrogen (secondary N) is 1. The number of nitrogens with zero attached hydrogens (tertiary/aromatic N) is 5. The molecule has 188 valence electrons. The second-order valence-electron chi connectivity index (χ2n) is 8.69. The van der Waals surface area contributed by atoms with Gasteiger partial charge in [-0.3, -0.25) is 9.59 Å². The zero-order chi connectivity index (χ0) is 25.7. The highest BCUT2D eigenvalue weighted by Crippen LogP contribution is 2.22. The number of ether oxygens (including phenoxy) is 1. The van der Waals surface area contributed by atoms with E-state index in [1.165, 1.54) is 20.4 Å². The van der Waals surface area contributed by atoms with Gasteiger partial charge < -0.3 is 15.0 Å². The molecule has 0 saturated heterocycles. The van der Waals surface area contributed by atoms with Crippen LogP contribution in [0.5, 0.6) is 5.75 Å². The zero-order valence-corrected chi connectivity index (χ0v) is 21.2. The topological polar surface area (TPSA) is 93.8 Å². The molecule has 0 spiro atoms. The average Bonchev–Trinajstić information content (AvgIpc) is 3.34. The van der Waals surface area contributed by atoms with Crippen molar-refractivity contribution in [2.24, 2.45) is 0 Å². The Labute approximate surface area is 210 Å². The summed E-state index contributed by atoms with van der Waals surface area (Å²) in [6.07, 6.45) is 0.793. The van der Waals surface area contributed by atoms with Crippen LogP contribution in [0.25, 0.3) is 16.8 Å². The van der Waals surface area contributed by atoms with Gasteiger partial charge in [-0.1, -0.05) is 12.1 Å². The third-order valence-corrected chi connectivity index (χ3v) is 6.09. The maximum atomic E-state index is 13.0. The molecule has 9 nitrogen and oxygen atoms in total. The summed E-state index contributed by atoms with van der Waals surface area (Å²) in [6, 6.07) is 17.6. The molecule has 4 rings (SSSR count). The van der Waals surface area contributed by atoms with Gasteiger partial charge in [0, 0.05) is 30.9 Å². The Bertz CT molecular complexity index is 1410. The number of benzene rings is 2. The summed E-state index contributed by atoms with van der Waals surface area (Å²) in [6.45, 7) is 8.05. The van der Waals surface area contributed by atoms with Crippen LogP contribution in [-0.4, -0.2) is 52.0 Å². The molecule has 0 aliphatic carbocycles. The van der Waals surface area contributed by atoms with Crippen molar-refractivity contribution < 1.29 is 9.53 Å². The number of methoxy groups -OCH3 is 1. The number of rotatable bonds is 10. The van der Waals surface area contributed by atoms with Crippen molar-refractivity contribution in [2.75, 3.05) is 31.6 Å². The van der Waals surface area contributed by atoms with Crippen LogP contribution in [0.2, 0.25) is 0 Å². The molecule has 2 aromatic heterocycles. The van der Waals surface area contributed by atoms with E-state index in [-0.39, 0.29) is 18.0 Å². The molecular formula is C27H32N6O3. The van der Waals surface area contributed by atoms with E-state index >= 15 is 0 Å². The Morgan fingerprint density at radius 1 is 1.08 bits per heavy atom. The smallest absolute Gasteiger partial charge is 0.293 e. The van der Waals surface area contributed by atoms with Crippen LogP contribution in [0.4, 0.5) is 5.69 Å². The van der Waals surface area contributed by atoms with Gasteiger partial charge in [0.25, 0.3) is 5.56 Å². The second-order valence-corrected chi connectivity index (χ2v) is 8.69. The Balaban J connectivity index is 1.39. The molecule has 4 aromatic rings. The van der Waals surface area contributed by atoms with Crippen molar-refractivity contribution in [1.82, 2.24) is 24.7 Å². The third-order valence-electron chi connectivity index (χ3n) is 6.09. The van der Waals surface area contributed by atoms with Crippen molar-refractivity contribution in [3.05, 3.63) is 76.3 Å². The number of hydrogen-bond acceptors (Lipinski definition) is 6. The molecule has 2 heterocycles. The van der Waals surface area contributed by atoms with Gasteiger partial charge in [0.2, 0.25) is 5.91 Å². The Hall–Kier alpha value is -4.14. The minimum atomic E-state index is -0.361. The Kier molecular flexibility index (Phi) is 7.68. The van der Waals surface area contributed by atoms with Gasteiger partial charge >= 0.3 is 0 Å². The van der Waals surface area contributed by atoms with Gasteiger partial charge in [0.05, 0.1) is 12.8 Å². The van der Waals surface area contributed by atoms with Crippen LogP contribution in [0, 0.1) is 13.8 Å². The summed E-state index contributed by atoms with van der Waals surface area (Å²) in [7, 11) is 1.61. The maximum absolute atomic E-state index is 13.0. The first kappa shape index (κ1) is 25.0. The van der Waals surface area contributed by atoms with E-state index in [2.05, 4.69) is 58.5 Å². The highest BCUT2D eigenvalue weighted by Gasteiger charge is 2.15. The average molecular weight is 489 g/mol. The van der Waals surface area contributed by atoms with Crippen LogP contribution in [0.15, 0.2) is 59.4 Å². The second kappa shape index (κ2) is 11.1. The molecule has 0 bridgehead atoms. The fraction of sp³-hybridized carbons (Fsp3) is 0.333. The first-order valence-electron chi connectivity index (χ1n) is 12.1. The quantitative estimate of drug-likeness (QED) is 0.345. The number of fused-ring (bicyclic) bond motifs is 1. The van der Waals surface area contributed by atoms with Crippen molar-refractivity contribution in [2.45, 2.75) is 33.7 Å². The number of carbonyl (C=O) groups is 1. The first-order chi connectivity index (χ1) is 17.4. The zero-order valence-electron chi connectivity index (χ0n) is 21.2. The fourth-order valence-corrected chi connectivity index (χ4v) is 4.17. The number of aromatic nitrogens is 4. The van der Waals surface area contributed by atoms with Gasteiger partial charge in [-0.25, -0.2) is 9.20 Å². The van der Waals surface area contributed by atoms with Crippen LogP contribution < -0.4 is 20.5 Å². The predicted molar refractivity (Wildman–Crippen MR) is 141 cm³/mol. The number of hydrogen-bond donors (Lipinski definition) is 1. The summed E-state index contributed by atoms with van der Waals surface area (Å²) < 4.78 is 7.92. The maximum Gasteiger partial charge on any atom is 0.293 e. The highest BCUT2D eigenvalue weighted by atomic mass is 16.5. The molecular weight excluding hydrogens is 456 g/mol. The van der Waals surface area contributed by atoms with E-state index in [1.807, 2.05) is 24.3 Å². The van der Waals surface area contributed by atoms with E-state index in [0.717, 1.165) is 30.8 Å². The van der Waals surface area contributed by atoms with Crippen LogP contribution in [0.1, 0.15) is 24.7 Å². The standard InChI is InChI=1S/C27H32N6O3/c1-5-31(22-9-6-8-19(2)16-22)15-7-14-28-26(34)18-32-27(35)25-17-24(30-33(25)20(3)29-32)21-10-12-23(36-4)13-11-21/h6,8-13,16-17H,5,7,14-15,18H2,1-4H3,(H,28,34). The largest absolute Gasteiger partial charge is 0.497 e. The SMILES string of the molecule is CCN(CCCNC(=O)Cn1nc(C)n2nc(-c3ccc(OC)cc3)cc2c1=O)c1cccc(C)c1. The van der Waals surface area contributed by atoms with Gasteiger partial charge in [0.15, 0.2) is 0 Å². The van der Waals surface area contributed by atoms with E-state index in [1.54, 1.807) is 20.1 Å². The van der Waals surface area contributed by atoms with E-state index in [4.69, 9.17) is 4.74 Å². The summed E-state index contributed by atoms with van der Waals surface area (Å²) >= 11 is 0. The number of carbonyl (C=O) groups excluding carboxylic acids is 1. The summed E-state index contributed by atoms with van der Waals surface area (Å²) in [5, 5.41) is 11.7. The molecule has 0 unspecified atom stereocenters. The molecule has 9 heteroatoms. The minimum Gasteiger partial charge on any atom is -0.497 e. The predicted octanol–water partition coefficient (Wildman–Crippen LogP) is 3.22. The highest BCUT2D eigenvalue weighted by molar-refractivity contribution is 5.75. The van der Waals surface area contributed by atoms with Crippen molar-refractivity contribution >= 4 is 17.1 Å². The van der Waals surface area contributed by atoms with Crippen molar-refractivity contribution in [1.29, 1.82) is 0 Å².